The second-order valence-electron chi connectivity index (χ2n) is 8.27. The van der Waals surface area contributed by atoms with Gasteiger partial charge in [-0.15, -0.1) is 0 Å². The maximum absolute atomic E-state index is 12.9. The highest BCUT2D eigenvalue weighted by molar-refractivity contribution is 5.75. The highest BCUT2D eigenvalue weighted by Gasteiger charge is 2.22. The number of hydrogen-bond donors (Lipinski definition) is 0. The lowest BCUT2D eigenvalue weighted by molar-refractivity contribution is -0.148. The summed E-state index contributed by atoms with van der Waals surface area (Å²) in [6, 6.07) is 15.3. The summed E-state index contributed by atoms with van der Waals surface area (Å²) in [7, 11) is 0. The average molecular weight is 455 g/mol. The third kappa shape index (κ3) is 8.91. The minimum Gasteiger partial charge on any atom is -0.494 e. The second kappa shape index (κ2) is 14.4. The van der Waals surface area contributed by atoms with E-state index in [1.165, 1.54) is 0 Å². The molecule has 0 aliphatic carbocycles. The first-order valence-corrected chi connectivity index (χ1v) is 12.2. The predicted octanol–water partition coefficient (Wildman–Crippen LogP) is 6.17. The number of benzene rings is 2. The smallest absolute Gasteiger partial charge is 0.314 e. The van der Waals surface area contributed by atoms with Crippen LogP contribution in [0.5, 0.6) is 11.5 Å². The molecule has 2 rings (SSSR count). The number of esters is 2. The summed E-state index contributed by atoms with van der Waals surface area (Å²) in [6.45, 7) is 8.94. The van der Waals surface area contributed by atoms with Gasteiger partial charge in [0.1, 0.15) is 11.5 Å². The Bertz CT molecular complexity index is 842. The molecule has 0 aliphatic rings. The van der Waals surface area contributed by atoms with Crippen LogP contribution in [0, 0.1) is 11.8 Å². The van der Waals surface area contributed by atoms with Gasteiger partial charge in [-0.25, -0.2) is 0 Å². The van der Waals surface area contributed by atoms with Crippen LogP contribution in [0.3, 0.4) is 0 Å². The molecule has 0 spiro atoms. The number of carbonyl (C=O) groups is 2. The topological polar surface area (TPSA) is 61.8 Å². The van der Waals surface area contributed by atoms with E-state index in [-0.39, 0.29) is 23.8 Å². The Morgan fingerprint density at radius 1 is 0.667 bits per heavy atom. The number of hydrogen-bond acceptors (Lipinski definition) is 5. The van der Waals surface area contributed by atoms with Gasteiger partial charge in [-0.05, 0) is 74.9 Å². The zero-order valence-corrected chi connectivity index (χ0v) is 20.5. The second-order valence-corrected chi connectivity index (χ2v) is 8.27. The molecule has 33 heavy (non-hydrogen) atoms. The molecule has 0 N–H and O–H groups in total. The van der Waals surface area contributed by atoms with Gasteiger partial charge < -0.3 is 14.2 Å². The highest BCUT2D eigenvalue weighted by atomic mass is 16.5. The summed E-state index contributed by atoms with van der Waals surface area (Å²) >= 11 is 0. The quantitative estimate of drug-likeness (QED) is 0.252. The minimum atomic E-state index is -0.214. The molecular formula is C28H38O5. The van der Waals surface area contributed by atoms with Crippen LogP contribution >= 0.6 is 0 Å². The number of ether oxygens (including phenoxy) is 3. The Morgan fingerprint density at radius 2 is 1.15 bits per heavy atom. The van der Waals surface area contributed by atoms with E-state index < -0.39 is 0 Å². The lowest BCUT2D eigenvalue weighted by Gasteiger charge is -2.17. The molecule has 0 heterocycles. The van der Waals surface area contributed by atoms with Gasteiger partial charge in [0.25, 0.3) is 0 Å². The summed E-state index contributed by atoms with van der Waals surface area (Å²) in [5.41, 5.74) is 2.12. The lowest BCUT2D eigenvalue weighted by Crippen LogP contribution is -2.22. The van der Waals surface area contributed by atoms with Gasteiger partial charge in [0.15, 0.2) is 0 Å². The first-order valence-electron chi connectivity index (χ1n) is 12.2. The summed E-state index contributed by atoms with van der Waals surface area (Å²) in [6.07, 6.45) is 4.64. The Morgan fingerprint density at radius 3 is 1.61 bits per heavy atom. The van der Waals surface area contributed by atoms with Crippen LogP contribution in [0.1, 0.15) is 64.5 Å². The summed E-state index contributed by atoms with van der Waals surface area (Å²) in [5.74, 6) is 0.650. The molecular weight excluding hydrogens is 416 g/mol. The molecule has 5 heteroatoms. The molecule has 2 aromatic carbocycles. The van der Waals surface area contributed by atoms with Crippen molar-refractivity contribution in [1.82, 2.24) is 0 Å². The molecule has 0 radical (unpaired) electrons. The molecule has 2 aromatic rings. The highest BCUT2D eigenvalue weighted by Crippen LogP contribution is 2.23. The Kier molecular flexibility index (Phi) is 11.5. The van der Waals surface area contributed by atoms with E-state index in [0.717, 1.165) is 42.6 Å². The average Bonchev–Trinajstić information content (AvgIpc) is 2.81. The molecule has 0 fully saturated rings. The SMILES string of the molecule is CCC[C@@H](Cc1ccc(OC(=O)[C@@H](CCC)Cc2ccc(OCC)cc2)cc1)C(=O)OCC. The molecule has 0 saturated heterocycles. The van der Waals surface area contributed by atoms with Crippen LogP contribution in [0.15, 0.2) is 48.5 Å². The van der Waals surface area contributed by atoms with Crippen molar-refractivity contribution < 1.29 is 23.8 Å². The van der Waals surface area contributed by atoms with Crippen molar-refractivity contribution in [2.75, 3.05) is 13.2 Å². The van der Waals surface area contributed by atoms with Crippen molar-refractivity contribution in [3.05, 3.63) is 59.7 Å². The predicted molar refractivity (Wildman–Crippen MR) is 131 cm³/mol. The molecule has 0 aromatic heterocycles. The Hall–Kier alpha value is -2.82. The number of carbonyl (C=O) groups excluding carboxylic acids is 2. The third-order valence-corrected chi connectivity index (χ3v) is 5.57. The summed E-state index contributed by atoms with van der Waals surface area (Å²) in [4.78, 5) is 25.1. The van der Waals surface area contributed by atoms with E-state index >= 15 is 0 Å². The van der Waals surface area contributed by atoms with Crippen molar-refractivity contribution >= 4 is 11.9 Å². The van der Waals surface area contributed by atoms with Crippen LogP contribution < -0.4 is 9.47 Å². The largest absolute Gasteiger partial charge is 0.494 e. The molecule has 180 valence electrons. The van der Waals surface area contributed by atoms with Gasteiger partial charge in [0.05, 0.1) is 25.0 Å². The van der Waals surface area contributed by atoms with Crippen molar-refractivity contribution in [2.24, 2.45) is 11.8 Å². The minimum absolute atomic E-state index is 0.147. The van der Waals surface area contributed by atoms with Crippen LogP contribution in [-0.2, 0) is 27.2 Å². The number of rotatable bonds is 14. The third-order valence-electron chi connectivity index (χ3n) is 5.57. The van der Waals surface area contributed by atoms with E-state index in [4.69, 9.17) is 14.2 Å². The zero-order valence-electron chi connectivity index (χ0n) is 20.5. The molecule has 0 bridgehead atoms. The molecule has 0 saturated carbocycles. The van der Waals surface area contributed by atoms with Crippen molar-refractivity contribution in [3.8, 4) is 11.5 Å². The van der Waals surface area contributed by atoms with Gasteiger partial charge >= 0.3 is 11.9 Å². The van der Waals surface area contributed by atoms with Crippen LogP contribution in [-0.4, -0.2) is 25.2 Å². The molecule has 0 aliphatic heterocycles. The van der Waals surface area contributed by atoms with Crippen LogP contribution in [0.25, 0.3) is 0 Å². The fourth-order valence-corrected chi connectivity index (χ4v) is 3.91. The van der Waals surface area contributed by atoms with E-state index in [2.05, 4.69) is 13.8 Å². The van der Waals surface area contributed by atoms with Crippen molar-refractivity contribution in [3.63, 3.8) is 0 Å². The monoisotopic (exact) mass is 454 g/mol. The maximum atomic E-state index is 12.9. The molecule has 0 unspecified atom stereocenters. The van der Waals surface area contributed by atoms with E-state index in [1.807, 2.05) is 50.2 Å². The van der Waals surface area contributed by atoms with Gasteiger partial charge in [0, 0.05) is 0 Å². The fourth-order valence-electron chi connectivity index (χ4n) is 3.91. The van der Waals surface area contributed by atoms with Gasteiger partial charge in [0.2, 0.25) is 0 Å². The van der Waals surface area contributed by atoms with Crippen molar-refractivity contribution in [2.45, 2.75) is 66.2 Å². The van der Waals surface area contributed by atoms with Crippen LogP contribution in [0.2, 0.25) is 0 Å². The normalized spacial score (nSPS) is 12.6. The van der Waals surface area contributed by atoms with Gasteiger partial charge in [-0.2, -0.15) is 0 Å². The van der Waals surface area contributed by atoms with E-state index in [0.29, 0.717) is 31.8 Å². The summed E-state index contributed by atoms with van der Waals surface area (Å²) in [5, 5.41) is 0. The standard InChI is InChI=1S/C28H38O5/c1-5-9-23(27(29)32-8-4)19-22-13-17-26(18-14-22)33-28(30)24(10-6-2)20-21-11-15-25(16-12-21)31-7-3/h11-18,23-24H,5-10,19-20H2,1-4H3/t23-,24-/m0/s1. The maximum Gasteiger partial charge on any atom is 0.314 e. The lowest BCUT2D eigenvalue weighted by atomic mass is 9.94. The van der Waals surface area contributed by atoms with Gasteiger partial charge in [-0.3, -0.25) is 9.59 Å². The Labute approximate surface area is 198 Å². The first kappa shape index (κ1) is 26.4. The molecule has 5 nitrogen and oxygen atoms in total. The van der Waals surface area contributed by atoms with E-state index in [1.54, 1.807) is 12.1 Å². The van der Waals surface area contributed by atoms with Crippen molar-refractivity contribution in [1.29, 1.82) is 0 Å². The molecule has 2 atom stereocenters. The molecule has 0 amide bonds. The van der Waals surface area contributed by atoms with E-state index in [9.17, 15) is 9.59 Å². The zero-order chi connectivity index (χ0) is 24.1. The Balaban J connectivity index is 1.99. The summed E-state index contributed by atoms with van der Waals surface area (Å²) < 4.78 is 16.4. The van der Waals surface area contributed by atoms with Gasteiger partial charge in [-0.1, -0.05) is 51.0 Å². The van der Waals surface area contributed by atoms with Crippen LogP contribution in [0.4, 0.5) is 0 Å². The fraction of sp³-hybridized carbons (Fsp3) is 0.500. The first-order chi connectivity index (χ1) is 16.0.